The van der Waals surface area contributed by atoms with Crippen molar-refractivity contribution in [3.8, 4) is 0 Å². The lowest BCUT2D eigenvalue weighted by molar-refractivity contribution is -0.146. The lowest BCUT2D eigenvalue weighted by Gasteiger charge is -2.39. The van der Waals surface area contributed by atoms with Gasteiger partial charge in [-0.3, -0.25) is 29.0 Å². The van der Waals surface area contributed by atoms with Gasteiger partial charge in [0.05, 0.1) is 48.9 Å². The Bertz CT molecular complexity index is 1600. The number of hydrogen-bond donors (Lipinski definition) is 4. The van der Waals surface area contributed by atoms with Crippen LogP contribution in [0.15, 0.2) is 28.9 Å². The fraction of sp³-hybridized carbons (Fsp3) is 0.667. The van der Waals surface area contributed by atoms with Gasteiger partial charge in [-0.25, -0.2) is 0 Å². The summed E-state index contributed by atoms with van der Waals surface area (Å²) in [6.45, 7) is 14.7. The van der Waals surface area contributed by atoms with Gasteiger partial charge < -0.3 is 40.2 Å². The number of aliphatic imine (C=N–C) groups is 1. The fourth-order valence-electron chi connectivity index (χ4n) is 7.63. The van der Waals surface area contributed by atoms with Gasteiger partial charge >= 0.3 is 0 Å². The standard InChI is InChI=1S/C42H67N7O7/c1-11-27(4)40(48(8)38(52)21-26(2)3)35(55-9)24-39(53)49-20-12-13-34(49)41(56-10)30(7)42(54)45-25-37(51)44-19-18-43-36(50)17-16-31-14-15-32(47-31)23-33-28(5)22-29(6)46-33/h14-15,22-23,26-27,30,34-35,40-41,46H,11-13,16-21,24-25H2,1-10H3,(H,43,50)(H,44,51)(H,45,54)/b32-23-. The first kappa shape index (κ1) is 46.1. The fourth-order valence-corrected chi connectivity index (χ4v) is 7.63. The zero-order valence-corrected chi connectivity index (χ0v) is 35.3. The Labute approximate surface area is 333 Å². The molecule has 3 heterocycles. The summed E-state index contributed by atoms with van der Waals surface area (Å²) in [7, 11) is 4.91. The molecule has 14 heteroatoms. The van der Waals surface area contributed by atoms with Crippen molar-refractivity contribution in [3.05, 3.63) is 40.9 Å². The zero-order valence-electron chi connectivity index (χ0n) is 35.3. The average molecular weight is 782 g/mol. The second-order valence-electron chi connectivity index (χ2n) is 15.7. The van der Waals surface area contributed by atoms with E-state index >= 15 is 0 Å². The van der Waals surface area contributed by atoms with Crippen molar-refractivity contribution in [3.63, 3.8) is 0 Å². The van der Waals surface area contributed by atoms with E-state index in [1.54, 1.807) is 30.9 Å². The van der Waals surface area contributed by atoms with Crippen LogP contribution in [0, 0.1) is 31.6 Å². The Morgan fingerprint density at radius 2 is 1.70 bits per heavy atom. The van der Waals surface area contributed by atoms with Crippen LogP contribution in [0.1, 0.15) is 96.5 Å². The SMILES string of the molecule is CCC(C)C(C(CC(=O)N1CCCC1C(OC)C(C)C(=O)NCC(=O)NCCNC(=O)CCC1=N/C(=C\c2[nH]c(C)cc2C)C=C1)OC)N(C)C(=O)CC(C)C. The van der Waals surface area contributed by atoms with E-state index in [0.717, 1.165) is 41.2 Å². The number of methoxy groups -OCH3 is 2. The molecule has 0 bridgehead atoms. The molecule has 14 nitrogen and oxygen atoms in total. The molecule has 0 spiro atoms. The first-order chi connectivity index (χ1) is 26.6. The molecule has 0 saturated carbocycles. The van der Waals surface area contributed by atoms with Crippen LogP contribution < -0.4 is 16.0 Å². The van der Waals surface area contributed by atoms with E-state index in [1.165, 1.54) is 7.11 Å². The molecule has 312 valence electrons. The number of aryl methyl sites for hydroxylation is 2. The number of aromatic nitrogens is 1. The van der Waals surface area contributed by atoms with Gasteiger partial charge in [0.2, 0.25) is 29.5 Å². The van der Waals surface area contributed by atoms with Gasteiger partial charge in [-0.1, -0.05) is 41.0 Å². The van der Waals surface area contributed by atoms with E-state index in [0.29, 0.717) is 25.8 Å². The second kappa shape index (κ2) is 22.4. The van der Waals surface area contributed by atoms with Crippen molar-refractivity contribution in [2.24, 2.45) is 22.7 Å². The maximum Gasteiger partial charge on any atom is 0.239 e. The number of ether oxygens (including phenoxy) is 2. The number of aromatic amines is 1. The highest BCUT2D eigenvalue weighted by Crippen LogP contribution is 2.29. The second-order valence-corrected chi connectivity index (χ2v) is 15.7. The summed E-state index contributed by atoms with van der Waals surface area (Å²) in [5.41, 5.74) is 4.92. The molecule has 2 aliphatic rings. The lowest BCUT2D eigenvalue weighted by Crippen LogP contribution is -2.53. The number of H-pyrrole nitrogens is 1. The molecule has 1 aromatic heterocycles. The summed E-state index contributed by atoms with van der Waals surface area (Å²) in [4.78, 5) is 76.6. The number of likely N-dealkylation sites (N-methyl/N-ethyl adjacent to an activating group) is 1. The van der Waals surface area contributed by atoms with Crippen LogP contribution in [-0.2, 0) is 33.4 Å². The van der Waals surface area contributed by atoms with Gasteiger partial charge in [0.25, 0.3) is 0 Å². The van der Waals surface area contributed by atoms with Crippen molar-refractivity contribution < 1.29 is 33.4 Å². The van der Waals surface area contributed by atoms with Gasteiger partial charge in [-0.15, -0.1) is 0 Å². The smallest absolute Gasteiger partial charge is 0.239 e. The third-order valence-corrected chi connectivity index (χ3v) is 10.9. The topological polar surface area (TPSA) is 175 Å². The zero-order chi connectivity index (χ0) is 41.5. The maximum atomic E-state index is 13.9. The molecule has 3 rings (SSSR count). The molecule has 4 N–H and O–H groups in total. The van der Waals surface area contributed by atoms with Crippen molar-refractivity contribution in [1.82, 2.24) is 30.7 Å². The summed E-state index contributed by atoms with van der Waals surface area (Å²) in [6.07, 6.45) is 8.28. The molecule has 5 amide bonds. The first-order valence-corrected chi connectivity index (χ1v) is 20.1. The molecule has 1 aromatic rings. The van der Waals surface area contributed by atoms with Crippen molar-refractivity contribution in [1.29, 1.82) is 0 Å². The van der Waals surface area contributed by atoms with Crippen LogP contribution in [0.4, 0.5) is 0 Å². The number of carbonyl (C=O) groups excluding carboxylic acids is 5. The predicted molar refractivity (Wildman–Crippen MR) is 219 cm³/mol. The number of rotatable bonds is 22. The summed E-state index contributed by atoms with van der Waals surface area (Å²) < 4.78 is 11.7. The minimum Gasteiger partial charge on any atom is -0.379 e. The van der Waals surface area contributed by atoms with Crippen LogP contribution in [0.5, 0.6) is 0 Å². The number of likely N-dealkylation sites (tertiary alicyclic amines) is 1. The van der Waals surface area contributed by atoms with Crippen molar-refractivity contribution >= 4 is 41.3 Å². The molecule has 6 unspecified atom stereocenters. The van der Waals surface area contributed by atoms with Crippen LogP contribution in [0.2, 0.25) is 0 Å². The molecule has 56 heavy (non-hydrogen) atoms. The van der Waals surface area contributed by atoms with E-state index in [9.17, 15) is 24.0 Å². The van der Waals surface area contributed by atoms with Crippen LogP contribution >= 0.6 is 0 Å². The molecule has 1 saturated heterocycles. The van der Waals surface area contributed by atoms with Crippen molar-refractivity contribution in [2.45, 2.75) is 118 Å². The molecule has 0 radical (unpaired) electrons. The lowest BCUT2D eigenvalue weighted by atomic mass is 9.90. The normalized spacial score (nSPS) is 18.7. The van der Waals surface area contributed by atoms with Gasteiger partial charge in [-0.05, 0) is 74.8 Å². The highest BCUT2D eigenvalue weighted by Gasteiger charge is 2.42. The molecule has 0 aromatic carbocycles. The Morgan fingerprint density at radius 1 is 1.00 bits per heavy atom. The van der Waals surface area contributed by atoms with Gasteiger partial charge in [0.1, 0.15) is 0 Å². The van der Waals surface area contributed by atoms with Crippen molar-refractivity contribution in [2.75, 3.05) is 47.4 Å². The molecular formula is C42H67N7O7. The molecule has 2 aliphatic heterocycles. The van der Waals surface area contributed by atoms with E-state index < -0.39 is 18.1 Å². The number of allylic oxidation sites excluding steroid dienone is 2. The average Bonchev–Trinajstić information content (AvgIpc) is 3.91. The minimum atomic E-state index is -0.649. The minimum absolute atomic E-state index is 0.0270. The largest absolute Gasteiger partial charge is 0.379 e. The quantitative estimate of drug-likeness (QED) is 0.128. The Morgan fingerprint density at radius 3 is 2.30 bits per heavy atom. The number of carbonyl (C=O) groups is 5. The summed E-state index contributed by atoms with van der Waals surface area (Å²) >= 11 is 0. The third kappa shape index (κ3) is 13.4. The van der Waals surface area contributed by atoms with E-state index in [2.05, 4.69) is 45.8 Å². The van der Waals surface area contributed by atoms with Gasteiger partial charge in [-0.2, -0.15) is 0 Å². The van der Waals surface area contributed by atoms with Crippen LogP contribution in [0.25, 0.3) is 6.08 Å². The van der Waals surface area contributed by atoms with Gasteiger partial charge in [0, 0.05) is 70.8 Å². The summed E-state index contributed by atoms with van der Waals surface area (Å²) in [5.74, 6) is -1.31. The van der Waals surface area contributed by atoms with E-state index in [1.807, 2.05) is 45.9 Å². The first-order valence-electron chi connectivity index (χ1n) is 20.1. The number of amides is 5. The Balaban J connectivity index is 1.43. The Kier molecular flexibility index (Phi) is 18.5. The number of nitrogens with zero attached hydrogens (tertiary/aromatic N) is 3. The molecular weight excluding hydrogens is 715 g/mol. The van der Waals surface area contributed by atoms with Crippen LogP contribution in [-0.4, -0.2) is 122 Å². The third-order valence-electron chi connectivity index (χ3n) is 10.9. The molecule has 6 atom stereocenters. The monoisotopic (exact) mass is 782 g/mol. The van der Waals surface area contributed by atoms with Crippen LogP contribution in [0.3, 0.4) is 0 Å². The summed E-state index contributed by atoms with van der Waals surface area (Å²) in [6, 6.07) is 1.47. The number of nitrogens with one attached hydrogen (secondary N) is 4. The molecule has 0 aliphatic carbocycles. The van der Waals surface area contributed by atoms with Gasteiger partial charge in [0.15, 0.2) is 0 Å². The van der Waals surface area contributed by atoms with E-state index in [4.69, 9.17) is 9.47 Å². The summed E-state index contributed by atoms with van der Waals surface area (Å²) in [5, 5.41) is 8.22. The van der Waals surface area contributed by atoms with E-state index in [-0.39, 0.29) is 85.9 Å². The highest BCUT2D eigenvalue weighted by molar-refractivity contribution is 6.00. The number of hydrogen-bond acceptors (Lipinski definition) is 8. The molecule has 1 fully saturated rings. The predicted octanol–water partition coefficient (Wildman–Crippen LogP) is 4.08. The highest BCUT2D eigenvalue weighted by atomic mass is 16.5. The Hall–Kier alpha value is -4.30. The maximum absolute atomic E-state index is 13.9.